The van der Waals surface area contributed by atoms with Crippen LogP contribution in [-0.2, 0) is 16.1 Å². The second-order valence-corrected chi connectivity index (χ2v) is 8.34. The number of aromatic nitrogens is 3. The van der Waals surface area contributed by atoms with Gasteiger partial charge < -0.3 is 14.6 Å². The lowest BCUT2D eigenvalue weighted by Crippen LogP contribution is -2.42. The topological polar surface area (TPSA) is 101 Å². The van der Waals surface area contributed by atoms with Crippen LogP contribution in [0.25, 0.3) is 11.4 Å². The van der Waals surface area contributed by atoms with E-state index in [4.69, 9.17) is 4.74 Å². The van der Waals surface area contributed by atoms with E-state index in [-0.39, 0.29) is 5.82 Å². The summed E-state index contributed by atoms with van der Waals surface area (Å²) in [6.45, 7) is 8.38. The third-order valence-electron chi connectivity index (χ3n) is 4.79. The Hall–Kier alpha value is -2.50. The van der Waals surface area contributed by atoms with Crippen LogP contribution in [0.15, 0.2) is 29.4 Å². The van der Waals surface area contributed by atoms with Gasteiger partial charge in [0.2, 0.25) is 5.91 Å². The Balaban J connectivity index is 1.77. The highest BCUT2D eigenvalue weighted by molar-refractivity contribution is 8.00. The average Bonchev–Trinajstić information content (AvgIpc) is 3.16. The van der Waals surface area contributed by atoms with Crippen molar-refractivity contribution in [1.29, 1.82) is 0 Å². The van der Waals surface area contributed by atoms with Crippen molar-refractivity contribution in [3.63, 3.8) is 0 Å². The lowest BCUT2D eigenvalue weighted by atomic mass is 10.2. The Bertz CT molecular complexity index is 886. The number of nitrogens with zero attached hydrogens (tertiary/aromatic N) is 4. The van der Waals surface area contributed by atoms with E-state index >= 15 is 0 Å². The maximum Gasteiger partial charge on any atom is 0.321 e. The maximum absolute atomic E-state index is 13.4. The molecular formula is C20H27FN6O3S. The molecule has 0 radical (unpaired) electrons. The van der Waals surface area contributed by atoms with Crippen molar-refractivity contribution in [3.05, 3.63) is 30.1 Å². The number of hydrogen-bond acceptors (Lipinski definition) is 7. The van der Waals surface area contributed by atoms with Crippen molar-refractivity contribution in [2.24, 2.45) is 0 Å². The van der Waals surface area contributed by atoms with E-state index < -0.39 is 17.2 Å². The second-order valence-electron chi connectivity index (χ2n) is 7.03. The zero-order chi connectivity index (χ0) is 22.2. The number of carbonyl (C=O) groups excluding carboxylic acids is 2. The Kier molecular flexibility index (Phi) is 8.38. The van der Waals surface area contributed by atoms with Gasteiger partial charge in [-0.15, -0.1) is 10.2 Å². The fourth-order valence-electron chi connectivity index (χ4n) is 3.09. The molecule has 168 valence electrons. The van der Waals surface area contributed by atoms with Gasteiger partial charge in [-0.1, -0.05) is 11.8 Å². The third kappa shape index (κ3) is 6.49. The molecule has 11 heteroatoms. The highest BCUT2D eigenvalue weighted by Gasteiger charge is 2.23. The molecule has 1 aliphatic rings. The highest BCUT2D eigenvalue weighted by Crippen LogP contribution is 2.27. The predicted molar refractivity (Wildman–Crippen MR) is 115 cm³/mol. The van der Waals surface area contributed by atoms with Crippen LogP contribution in [-0.4, -0.2) is 76.2 Å². The average molecular weight is 451 g/mol. The number of amides is 3. The quantitative estimate of drug-likeness (QED) is 0.591. The van der Waals surface area contributed by atoms with Crippen LogP contribution in [0.1, 0.15) is 13.8 Å². The molecule has 1 aromatic carbocycles. The molecule has 3 rings (SSSR count). The minimum Gasteiger partial charge on any atom is -0.379 e. The molecule has 0 bridgehead atoms. The number of rotatable bonds is 8. The molecule has 2 heterocycles. The lowest BCUT2D eigenvalue weighted by molar-refractivity contribution is -0.119. The second kappa shape index (κ2) is 11.2. The minimum atomic E-state index is -0.560. The summed E-state index contributed by atoms with van der Waals surface area (Å²) >= 11 is 1.22. The summed E-state index contributed by atoms with van der Waals surface area (Å²) in [6.07, 6.45) is 0. The van der Waals surface area contributed by atoms with Gasteiger partial charge in [0.15, 0.2) is 11.0 Å². The van der Waals surface area contributed by atoms with E-state index in [2.05, 4.69) is 25.7 Å². The Morgan fingerprint density at radius 1 is 1.19 bits per heavy atom. The van der Waals surface area contributed by atoms with Gasteiger partial charge in [0.05, 0.1) is 18.5 Å². The maximum atomic E-state index is 13.4. The number of benzene rings is 1. The van der Waals surface area contributed by atoms with Gasteiger partial charge in [-0.3, -0.25) is 15.0 Å². The summed E-state index contributed by atoms with van der Waals surface area (Å²) < 4.78 is 20.7. The number of ether oxygens (including phenoxy) is 1. The SMILES string of the molecule is CCNC(=O)NC(=O)C(C)Sc1nnc(-c2ccc(F)cc2)n1CCN1CCOCC1. The van der Waals surface area contributed by atoms with Gasteiger partial charge in [0.25, 0.3) is 0 Å². The van der Waals surface area contributed by atoms with Crippen LogP contribution in [0.2, 0.25) is 0 Å². The molecule has 0 spiro atoms. The molecular weight excluding hydrogens is 423 g/mol. The van der Waals surface area contributed by atoms with Gasteiger partial charge in [0.1, 0.15) is 5.82 Å². The molecule has 3 amide bonds. The van der Waals surface area contributed by atoms with Crippen LogP contribution in [0.5, 0.6) is 0 Å². The summed E-state index contributed by atoms with van der Waals surface area (Å²) in [7, 11) is 0. The van der Waals surface area contributed by atoms with Crippen molar-refractivity contribution in [2.45, 2.75) is 30.8 Å². The number of carbonyl (C=O) groups is 2. The van der Waals surface area contributed by atoms with E-state index in [1.807, 2.05) is 4.57 Å². The fraction of sp³-hybridized carbons (Fsp3) is 0.500. The normalized spacial score (nSPS) is 15.5. The Morgan fingerprint density at radius 2 is 1.90 bits per heavy atom. The standard InChI is InChI=1S/C20H27FN6O3S/c1-3-22-19(29)23-18(28)14(2)31-20-25-24-17(15-4-6-16(21)7-5-15)27(20)9-8-26-10-12-30-13-11-26/h4-7,14H,3,8-13H2,1-2H3,(H2,22,23,28,29). The van der Waals surface area contributed by atoms with Gasteiger partial charge >= 0.3 is 6.03 Å². The van der Waals surface area contributed by atoms with Gasteiger partial charge in [0, 0.05) is 38.3 Å². The van der Waals surface area contributed by atoms with Crippen LogP contribution >= 0.6 is 11.8 Å². The summed E-state index contributed by atoms with van der Waals surface area (Å²) in [5.74, 6) is -0.137. The number of halogens is 1. The zero-order valence-corrected chi connectivity index (χ0v) is 18.5. The molecule has 31 heavy (non-hydrogen) atoms. The van der Waals surface area contributed by atoms with Crippen LogP contribution in [0.4, 0.5) is 9.18 Å². The predicted octanol–water partition coefficient (Wildman–Crippen LogP) is 1.74. The molecule has 2 N–H and O–H groups in total. The molecule has 1 aromatic heterocycles. The van der Waals surface area contributed by atoms with Gasteiger partial charge in [-0.25, -0.2) is 9.18 Å². The van der Waals surface area contributed by atoms with Crippen molar-refractivity contribution in [1.82, 2.24) is 30.3 Å². The smallest absolute Gasteiger partial charge is 0.321 e. The summed E-state index contributed by atoms with van der Waals surface area (Å²) in [6, 6.07) is 5.55. The van der Waals surface area contributed by atoms with Crippen LogP contribution in [0.3, 0.4) is 0 Å². The first kappa shape index (κ1) is 23.2. The number of morpholine rings is 1. The zero-order valence-electron chi connectivity index (χ0n) is 17.6. The number of imide groups is 1. The monoisotopic (exact) mass is 450 g/mol. The first-order valence-electron chi connectivity index (χ1n) is 10.2. The van der Waals surface area contributed by atoms with Gasteiger partial charge in [-0.2, -0.15) is 0 Å². The highest BCUT2D eigenvalue weighted by atomic mass is 32.2. The van der Waals surface area contributed by atoms with E-state index in [1.165, 1.54) is 23.9 Å². The Morgan fingerprint density at radius 3 is 2.58 bits per heavy atom. The van der Waals surface area contributed by atoms with E-state index in [9.17, 15) is 14.0 Å². The first-order valence-corrected chi connectivity index (χ1v) is 11.1. The summed E-state index contributed by atoms with van der Waals surface area (Å²) in [5, 5.41) is 13.4. The molecule has 2 aromatic rings. The van der Waals surface area contributed by atoms with E-state index in [0.717, 1.165) is 25.2 Å². The summed E-state index contributed by atoms with van der Waals surface area (Å²) in [4.78, 5) is 26.3. The molecule has 0 saturated carbocycles. The van der Waals surface area contributed by atoms with Crippen molar-refractivity contribution < 1.29 is 18.7 Å². The number of thioether (sulfide) groups is 1. The van der Waals surface area contributed by atoms with Crippen LogP contribution < -0.4 is 10.6 Å². The largest absolute Gasteiger partial charge is 0.379 e. The molecule has 1 unspecified atom stereocenters. The minimum absolute atomic E-state index is 0.326. The van der Waals surface area contributed by atoms with Crippen LogP contribution in [0, 0.1) is 5.82 Å². The van der Waals surface area contributed by atoms with Gasteiger partial charge in [-0.05, 0) is 38.1 Å². The number of hydrogen-bond donors (Lipinski definition) is 2. The molecule has 1 saturated heterocycles. The lowest BCUT2D eigenvalue weighted by Gasteiger charge is -2.27. The van der Waals surface area contributed by atoms with Crippen molar-refractivity contribution in [2.75, 3.05) is 39.4 Å². The molecule has 9 nitrogen and oxygen atoms in total. The molecule has 1 atom stereocenters. The molecule has 1 aliphatic heterocycles. The van der Waals surface area contributed by atoms with E-state index in [0.29, 0.717) is 37.3 Å². The first-order chi connectivity index (χ1) is 15.0. The fourth-order valence-corrected chi connectivity index (χ4v) is 3.96. The van der Waals surface area contributed by atoms with Crippen molar-refractivity contribution in [3.8, 4) is 11.4 Å². The Labute approximate surface area is 184 Å². The van der Waals surface area contributed by atoms with E-state index in [1.54, 1.807) is 26.0 Å². The molecule has 0 aliphatic carbocycles. The molecule has 1 fully saturated rings. The summed E-state index contributed by atoms with van der Waals surface area (Å²) in [5.41, 5.74) is 0.738. The number of nitrogens with one attached hydrogen (secondary N) is 2. The third-order valence-corrected chi connectivity index (χ3v) is 5.87. The van der Waals surface area contributed by atoms with Crippen molar-refractivity contribution >= 4 is 23.7 Å². The number of urea groups is 1.